The van der Waals surface area contributed by atoms with Crippen molar-refractivity contribution in [1.82, 2.24) is 10.3 Å². The van der Waals surface area contributed by atoms with E-state index in [-0.39, 0.29) is 28.2 Å². The van der Waals surface area contributed by atoms with Crippen molar-refractivity contribution in [3.8, 4) is 11.8 Å². The predicted molar refractivity (Wildman–Crippen MR) is 98.0 cm³/mol. The molecule has 8 heteroatoms. The summed E-state index contributed by atoms with van der Waals surface area (Å²) in [4.78, 5) is 26.0. The van der Waals surface area contributed by atoms with Gasteiger partial charge < -0.3 is 16.0 Å². The lowest BCUT2D eigenvalue weighted by Gasteiger charge is -2.30. The van der Waals surface area contributed by atoms with E-state index in [2.05, 4.69) is 22.1 Å². The molecule has 0 spiro atoms. The van der Waals surface area contributed by atoms with Gasteiger partial charge in [-0.15, -0.1) is 0 Å². The molecule has 1 aliphatic carbocycles. The van der Waals surface area contributed by atoms with E-state index >= 15 is 0 Å². The normalized spacial score (nSPS) is 19.2. The molecule has 2 atom stereocenters. The van der Waals surface area contributed by atoms with Gasteiger partial charge in [0, 0.05) is 22.7 Å². The summed E-state index contributed by atoms with van der Waals surface area (Å²) in [6.07, 6.45) is 2.11. The van der Waals surface area contributed by atoms with E-state index in [9.17, 15) is 22.8 Å². The Hall–Kier alpha value is -2.95. The average Bonchev–Trinajstić information content (AvgIpc) is 2.91. The first-order valence-electron chi connectivity index (χ1n) is 8.97. The van der Waals surface area contributed by atoms with Crippen LogP contribution in [-0.4, -0.2) is 22.8 Å². The number of carbonyl (C=O) groups excluding carboxylic acids is 2. The van der Waals surface area contributed by atoms with Crippen molar-refractivity contribution in [2.24, 2.45) is 5.73 Å². The van der Waals surface area contributed by atoms with Crippen molar-refractivity contribution < 1.29 is 22.8 Å². The zero-order chi connectivity index (χ0) is 20.6. The minimum absolute atomic E-state index is 0.0580. The fourth-order valence-electron chi connectivity index (χ4n) is 4.02. The summed E-state index contributed by atoms with van der Waals surface area (Å²) in [5, 5.41) is 2.59. The summed E-state index contributed by atoms with van der Waals surface area (Å²) in [5.41, 5.74) is 4.30. The molecule has 4 N–H and O–H groups in total. The zero-order valence-corrected chi connectivity index (χ0v) is 15.5. The van der Waals surface area contributed by atoms with Gasteiger partial charge in [0.15, 0.2) is 17.5 Å². The first-order valence-corrected chi connectivity index (χ1v) is 8.97. The van der Waals surface area contributed by atoms with Crippen LogP contribution in [0.25, 0.3) is 10.9 Å². The van der Waals surface area contributed by atoms with Crippen LogP contribution in [-0.2, 0) is 4.79 Å². The monoisotopic (exact) mass is 391 g/mol. The van der Waals surface area contributed by atoms with Crippen molar-refractivity contribution in [3.05, 3.63) is 34.3 Å². The molecule has 0 radical (unpaired) electrons. The fourth-order valence-corrected chi connectivity index (χ4v) is 4.02. The Morgan fingerprint density at radius 1 is 1.18 bits per heavy atom. The molecule has 3 rings (SSSR count). The first-order chi connectivity index (χ1) is 13.3. The van der Waals surface area contributed by atoms with E-state index in [1.807, 2.05) is 0 Å². The summed E-state index contributed by atoms with van der Waals surface area (Å²) in [6.45, 7) is 2.95. The molecule has 0 saturated heterocycles. The number of aryl methyl sites for hydroxylation is 1. The molecule has 1 aromatic heterocycles. The van der Waals surface area contributed by atoms with Crippen molar-refractivity contribution in [2.75, 3.05) is 0 Å². The summed E-state index contributed by atoms with van der Waals surface area (Å²) in [7, 11) is 0. The van der Waals surface area contributed by atoms with Crippen LogP contribution < -0.4 is 11.1 Å². The van der Waals surface area contributed by atoms with E-state index < -0.39 is 40.7 Å². The maximum atomic E-state index is 15.0. The molecule has 1 aliphatic rings. The summed E-state index contributed by atoms with van der Waals surface area (Å²) in [6, 6.07) is -0.288. The third-order valence-electron chi connectivity index (χ3n) is 5.18. The lowest BCUT2D eigenvalue weighted by molar-refractivity contribution is -0.116. The van der Waals surface area contributed by atoms with E-state index in [0.717, 1.165) is 0 Å². The Morgan fingerprint density at radius 3 is 2.54 bits per heavy atom. The second-order valence-corrected chi connectivity index (χ2v) is 7.00. The number of halogens is 3. The van der Waals surface area contributed by atoms with Gasteiger partial charge in [0.25, 0.3) is 11.8 Å². The molecule has 1 heterocycles. The number of H-pyrrole nitrogens is 1. The van der Waals surface area contributed by atoms with Gasteiger partial charge in [-0.05, 0) is 44.9 Å². The second kappa shape index (κ2) is 7.58. The van der Waals surface area contributed by atoms with Crippen LogP contribution in [0.5, 0.6) is 0 Å². The Morgan fingerprint density at radius 2 is 1.89 bits per heavy atom. The highest BCUT2D eigenvalue weighted by Crippen LogP contribution is 2.41. The van der Waals surface area contributed by atoms with Crippen LogP contribution in [0.3, 0.4) is 0 Å². The Bertz CT molecular complexity index is 1030. The van der Waals surface area contributed by atoms with Gasteiger partial charge in [0.1, 0.15) is 5.56 Å². The standard InChI is InChI=1S/C20H20F3N3O2/c1-3-5-12(27)26-11-7-4-6-10(8-11)13-14-16(21)9(2)25-19(14)15(20(24)28)18(23)17(13)22/h10-11,25H,4,6-8H2,1-2H3,(H2,24,28)(H,26,27)/t10?,11-/m1/s1. The molecule has 1 saturated carbocycles. The highest BCUT2D eigenvalue weighted by atomic mass is 19.2. The highest BCUT2D eigenvalue weighted by Gasteiger charge is 2.33. The summed E-state index contributed by atoms with van der Waals surface area (Å²) < 4.78 is 44.4. The number of amides is 2. The first kappa shape index (κ1) is 19.8. The smallest absolute Gasteiger partial charge is 0.296 e. The van der Waals surface area contributed by atoms with Crippen molar-refractivity contribution in [1.29, 1.82) is 0 Å². The number of nitrogens with one attached hydrogen (secondary N) is 2. The average molecular weight is 391 g/mol. The predicted octanol–water partition coefficient (Wildman–Crippen LogP) is 3.16. The van der Waals surface area contributed by atoms with Gasteiger partial charge in [-0.1, -0.05) is 12.3 Å². The van der Waals surface area contributed by atoms with Crippen LogP contribution in [0.1, 0.15) is 60.1 Å². The number of primary amides is 1. The largest absolute Gasteiger partial charge is 0.365 e. The van der Waals surface area contributed by atoms with Gasteiger partial charge in [-0.2, -0.15) is 0 Å². The molecule has 2 amide bonds. The van der Waals surface area contributed by atoms with Crippen molar-refractivity contribution >= 4 is 22.7 Å². The quantitative estimate of drug-likeness (QED) is 0.702. The molecular formula is C20H20F3N3O2. The molecule has 148 valence electrons. The van der Waals surface area contributed by atoms with Crippen LogP contribution in [0, 0.1) is 36.2 Å². The summed E-state index contributed by atoms with van der Waals surface area (Å²) in [5.74, 6) is -0.683. The van der Waals surface area contributed by atoms with Crippen LogP contribution >= 0.6 is 0 Å². The van der Waals surface area contributed by atoms with E-state index in [4.69, 9.17) is 5.73 Å². The van der Waals surface area contributed by atoms with Gasteiger partial charge in [0.2, 0.25) is 0 Å². The highest BCUT2D eigenvalue weighted by molar-refractivity contribution is 6.06. The number of benzene rings is 1. The minimum Gasteiger partial charge on any atom is -0.365 e. The van der Waals surface area contributed by atoms with Gasteiger partial charge in [-0.25, -0.2) is 13.2 Å². The molecule has 0 aliphatic heterocycles. The fraction of sp³-hybridized carbons (Fsp3) is 0.400. The number of carbonyl (C=O) groups is 2. The zero-order valence-electron chi connectivity index (χ0n) is 15.5. The number of hydrogen-bond acceptors (Lipinski definition) is 2. The molecule has 1 fully saturated rings. The third kappa shape index (κ3) is 3.33. The number of aromatic nitrogens is 1. The third-order valence-corrected chi connectivity index (χ3v) is 5.18. The van der Waals surface area contributed by atoms with Crippen LogP contribution in [0.4, 0.5) is 13.2 Å². The molecule has 0 bridgehead atoms. The van der Waals surface area contributed by atoms with Crippen LogP contribution in [0.2, 0.25) is 0 Å². The number of rotatable bonds is 3. The maximum absolute atomic E-state index is 15.0. The molecule has 1 unspecified atom stereocenters. The van der Waals surface area contributed by atoms with Crippen LogP contribution in [0.15, 0.2) is 0 Å². The number of aromatic amines is 1. The maximum Gasteiger partial charge on any atom is 0.296 e. The molecule has 28 heavy (non-hydrogen) atoms. The summed E-state index contributed by atoms with van der Waals surface area (Å²) >= 11 is 0. The topological polar surface area (TPSA) is 88.0 Å². The minimum atomic E-state index is -1.39. The SMILES string of the molecule is CC#CC(=O)N[C@@H]1CCCC(c2c(F)c(F)c(C(N)=O)c3[nH]c(C)c(F)c23)C1. The van der Waals surface area contributed by atoms with Gasteiger partial charge in [-0.3, -0.25) is 9.59 Å². The van der Waals surface area contributed by atoms with E-state index in [0.29, 0.717) is 25.7 Å². The molecular weight excluding hydrogens is 371 g/mol. The van der Waals surface area contributed by atoms with E-state index in [1.165, 1.54) is 13.8 Å². The Labute approximate surface area is 159 Å². The lowest BCUT2D eigenvalue weighted by Crippen LogP contribution is -2.37. The lowest BCUT2D eigenvalue weighted by atomic mass is 9.79. The van der Waals surface area contributed by atoms with Crippen molar-refractivity contribution in [3.63, 3.8) is 0 Å². The van der Waals surface area contributed by atoms with Gasteiger partial charge >= 0.3 is 0 Å². The Kier molecular flexibility index (Phi) is 5.36. The molecule has 5 nitrogen and oxygen atoms in total. The van der Waals surface area contributed by atoms with Gasteiger partial charge in [0.05, 0.1) is 5.52 Å². The van der Waals surface area contributed by atoms with Crippen molar-refractivity contribution in [2.45, 2.75) is 51.5 Å². The molecule has 2 aromatic rings. The number of nitrogens with two attached hydrogens (primary N) is 1. The molecule has 1 aromatic carbocycles. The number of fused-ring (bicyclic) bond motifs is 1. The number of hydrogen-bond donors (Lipinski definition) is 3. The Balaban J connectivity index is 2.11. The van der Waals surface area contributed by atoms with E-state index in [1.54, 1.807) is 0 Å². The second-order valence-electron chi connectivity index (χ2n) is 7.00.